The van der Waals surface area contributed by atoms with Gasteiger partial charge in [-0.1, -0.05) is 36.4 Å². The molecule has 2 aromatic carbocycles. The fourth-order valence-corrected chi connectivity index (χ4v) is 4.21. The van der Waals surface area contributed by atoms with Crippen molar-refractivity contribution in [2.24, 2.45) is 0 Å². The average Bonchev–Trinajstić information content (AvgIpc) is 3.10. The number of hydrogen-bond donors (Lipinski definition) is 2. The topological polar surface area (TPSA) is 93.7 Å². The summed E-state index contributed by atoms with van der Waals surface area (Å²) in [6.45, 7) is 3.54. The van der Waals surface area contributed by atoms with Crippen LogP contribution in [0, 0.1) is 6.92 Å². The normalized spacial score (nSPS) is 10.3. The quantitative estimate of drug-likeness (QED) is 0.484. The number of methoxy groups -OCH3 is 1. The molecule has 0 spiro atoms. The Balaban J connectivity index is 1.87. The summed E-state index contributed by atoms with van der Waals surface area (Å²) in [4.78, 5) is 38.4. The van der Waals surface area contributed by atoms with E-state index in [1.54, 1.807) is 45.2 Å². The minimum Gasteiger partial charge on any atom is -0.497 e. The summed E-state index contributed by atoms with van der Waals surface area (Å²) in [5, 5.41) is 5.87. The minimum absolute atomic E-state index is 0.144. The van der Waals surface area contributed by atoms with Crippen LogP contribution in [0.3, 0.4) is 0 Å². The second-order valence-corrected chi connectivity index (χ2v) is 7.90. The first-order chi connectivity index (χ1) is 15.4. The van der Waals surface area contributed by atoms with Crippen LogP contribution in [0.1, 0.15) is 38.1 Å². The van der Waals surface area contributed by atoms with Crippen molar-refractivity contribution in [3.05, 3.63) is 76.2 Å². The van der Waals surface area contributed by atoms with E-state index in [9.17, 15) is 14.4 Å². The lowest BCUT2D eigenvalue weighted by Gasteiger charge is -2.07. The first-order valence-corrected chi connectivity index (χ1v) is 10.8. The predicted octanol–water partition coefficient (Wildman–Crippen LogP) is 4.68. The van der Waals surface area contributed by atoms with Crippen LogP contribution >= 0.6 is 11.3 Å². The molecule has 2 N–H and O–H groups in total. The van der Waals surface area contributed by atoms with E-state index in [0.717, 1.165) is 16.9 Å². The van der Waals surface area contributed by atoms with Gasteiger partial charge in [-0.3, -0.25) is 9.59 Å². The molecule has 0 bridgehead atoms. The third-order valence-corrected chi connectivity index (χ3v) is 5.83. The Kier molecular flexibility index (Phi) is 7.62. The van der Waals surface area contributed by atoms with Gasteiger partial charge in [-0.05, 0) is 37.1 Å². The molecule has 0 aliphatic rings. The maximum absolute atomic E-state index is 13.0. The van der Waals surface area contributed by atoms with Gasteiger partial charge in [0.1, 0.15) is 10.8 Å². The molecule has 0 atom stereocenters. The fourth-order valence-electron chi connectivity index (χ4n) is 3.11. The molecule has 1 aromatic heterocycles. The summed E-state index contributed by atoms with van der Waals surface area (Å²) < 4.78 is 10.3. The molecular formula is C24H24N2O5S. The van der Waals surface area contributed by atoms with Gasteiger partial charge in [-0.25, -0.2) is 4.79 Å². The SMILES string of the molecule is CCOC(=O)c1c(NC(=O)Cc2ccccc2)sc(C(=O)Nc2cccc(OC)c2)c1C. The highest BCUT2D eigenvalue weighted by Gasteiger charge is 2.26. The van der Waals surface area contributed by atoms with E-state index in [1.165, 1.54) is 0 Å². The summed E-state index contributed by atoms with van der Waals surface area (Å²) in [6.07, 6.45) is 0.144. The van der Waals surface area contributed by atoms with E-state index in [4.69, 9.17) is 9.47 Å². The van der Waals surface area contributed by atoms with Crippen LogP contribution in [0.2, 0.25) is 0 Å². The molecule has 0 aliphatic heterocycles. The van der Waals surface area contributed by atoms with Gasteiger partial charge in [0.2, 0.25) is 5.91 Å². The number of esters is 1. The van der Waals surface area contributed by atoms with Crippen molar-refractivity contribution in [1.82, 2.24) is 0 Å². The molecule has 2 amide bonds. The van der Waals surface area contributed by atoms with Crippen LogP contribution in [-0.2, 0) is 16.0 Å². The summed E-state index contributed by atoms with van der Waals surface area (Å²) in [7, 11) is 1.54. The number of nitrogens with one attached hydrogen (secondary N) is 2. The molecule has 0 aliphatic carbocycles. The Morgan fingerprint density at radius 2 is 1.75 bits per heavy atom. The zero-order valence-electron chi connectivity index (χ0n) is 18.1. The highest BCUT2D eigenvalue weighted by molar-refractivity contribution is 7.18. The first kappa shape index (κ1) is 23.0. The van der Waals surface area contributed by atoms with E-state index >= 15 is 0 Å². The van der Waals surface area contributed by atoms with Gasteiger partial charge in [0, 0.05) is 11.8 Å². The Labute approximate surface area is 190 Å². The lowest BCUT2D eigenvalue weighted by molar-refractivity contribution is -0.115. The monoisotopic (exact) mass is 452 g/mol. The number of hydrogen-bond acceptors (Lipinski definition) is 6. The number of benzene rings is 2. The number of anilines is 2. The van der Waals surface area contributed by atoms with E-state index in [1.807, 2.05) is 30.3 Å². The highest BCUT2D eigenvalue weighted by atomic mass is 32.1. The van der Waals surface area contributed by atoms with E-state index in [0.29, 0.717) is 21.9 Å². The van der Waals surface area contributed by atoms with Crippen LogP contribution in [0.15, 0.2) is 54.6 Å². The first-order valence-electron chi connectivity index (χ1n) is 10.0. The molecule has 7 nitrogen and oxygen atoms in total. The molecule has 3 aromatic rings. The molecule has 166 valence electrons. The van der Waals surface area contributed by atoms with Gasteiger partial charge in [0.15, 0.2) is 0 Å². The smallest absolute Gasteiger partial charge is 0.341 e. The molecule has 0 fully saturated rings. The van der Waals surface area contributed by atoms with Gasteiger partial charge in [-0.2, -0.15) is 0 Å². The zero-order chi connectivity index (χ0) is 23.1. The molecule has 1 heterocycles. The van der Waals surface area contributed by atoms with Crippen molar-refractivity contribution < 1.29 is 23.9 Å². The second kappa shape index (κ2) is 10.6. The average molecular weight is 453 g/mol. The maximum atomic E-state index is 13.0. The Bertz CT molecular complexity index is 1120. The molecule has 0 radical (unpaired) electrons. The number of thiophene rings is 1. The number of carbonyl (C=O) groups is 3. The zero-order valence-corrected chi connectivity index (χ0v) is 18.9. The second-order valence-electron chi connectivity index (χ2n) is 6.88. The van der Waals surface area contributed by atoms with Crippen molar-refractivity contribution in [3.8, 4) is 5.75 Å². The van der Waals surface area contributed by atoms with Crippen molar-refractivity contribution in [1.29, 1.82) is 0 Å². The Hall–Kier alpha value is -3.65. The van der Waals surface area contributed by atoms with Gasteiger partial charge >= 0.3 is 5.97 Å². The van der Waals surface area contributed by atoms with Gasteiger partial charge in [0.25, 0.3) is 5.91 Å². The number of rotatable bonds is 8. The van der Waals surface area contributed by atoms with Crippen molar-refractivity contribution in [2.45, 2.75) is 20.3 Å². The summed E-state index contributed by atoms with van der Waals surface area (Å²) in [5.74, 6) is -0.666. The molecule has 0 saturated heterocycles. The molecule has 3 rings (SSSR count). The van der Waals surface area contributed by atoms with Gasteiger partial charge in [-0.15, -0.1) is 11.3 Å². The van der Waals surface area contributed by atoms with Crippen molar-refractivity contribution >= 4 is 39.8 Å². The molecule has 0 unspecified atom stereocenters. The molecule has 8 heteroatoms. The Morgan fingerprint density at radius 3 is 2.44 bits per heavy atom. The number of ether oxygens (including phenoxy) is 2. The lowest BCUT2D eigenvalue weighted by atomic mass is 10.1. The maximum Gasteiger partial charge on any atom is 0.341 e. The lowest BCUT2D eigenvalue weighted by Crippen LogP contribution is -2.16. The third-order valence-electron chi connectivity index (χ3n) is 4.62. The summed E-state index contributed by atoms with van der Waals surface area (Å²) >= 11 is 1.04. The van der Waals surface area contributed by atoms with Crippen molar-refractivity contribution in [3.63, 3.8) is 0 Å². The highest BCUT2D eigenvalue weighted by Crippen LogP contribution is 2.34. The third kappa shape index (κ3) is 5.53. The standard InChI is InChI=1S/C24H24N2O5S/c1-4-31-24(29)20-15(2)21(22(28)25-17-11-8-12-18(14-17)30-3)32-23(20)26-19(27)13-16-9-6-5-7-10-16/h5-12,14H,4,13H2,1-3H3,(H,25,28)(H,26,27). The van der Waals surface area contributed by atoms with Crippen LogP contribution in [0.5, 0.6) is 5.75 Å². The van der Waals surface area contributed by atoms with E-state index in [-0.39, 0.29) is 29.5 Å². The summed E-state index contributed by atoms with van der Waals surface area (Å²) in [6, 6.07) is 16.2. The van der Waals surface area contributed by atoms with E-state index in [2.05, 4.69) is 10.6 Å². The Morgan fingerprint density at radius 1 is 1.00 bits per heavy atom. The molecule has 32 heavy (non-hydrogen) atoms. The predicted molar refractivity (Wildman–Crippen MR) is 125 cm³/mol. The fraction of sp³-hybridized carbons (Fsp3) is 0.208. The molecule has 0 saturated carbocycles. The summed E-state index contributed by atoms with van der Waals surface area (Å²) in [5.41, 5.74) is 2.03. The van der Waals surface area contributed by atoms with E-state index < -0.39 is 11.9 Å². The number of carbonyl (C=O) groups excluding carboxylic acids is 3. The number of amides is 2. The van der Waals surface area contributed by atoms with Crippen LogP contribution in [0.4, 0.5) is 10.7 Å². The minimum atomic E-state index is -0.586. The molecular weight excluding hydrogens is 428 g/mol. The van der Waals surface area contributed by atoms with Crippen LogP contribution in [0.25, 0.3) is 0 Å². The van der Waals surface area contributed by atoms with Crippen LogP contribution in [-0.4, -0.2) is 31.5 Å². The van der Waals surface area contributed by atoms with Crippen molar-refractivity contribution in [2.75, 3.05) is 24.4 Å². The van der Waals surface area contributed by atoms with Gasteiger partial charge < -0.3 is 20.1 Å². The van der Waals surface area contributed by atoms with Crippen LogP contribution < -0.4 is 15.4 Å². The van der Waals surface area contributed by atoms with Gasteiger partial charge in [0.05, 0.1) is 30.6 Å². The largest absolute Gasteiger partial charge is 0.497 e.